The van der Waals surface area contributed by atoms with E-state index in [0.717, 1.165) is 12.8 Å². The van der Waals surface area contributed by atoms with Gasteiger partial charge in [-0.2, -0.15) is 0 Å². The molecule has 2 heterocycles. The van der Waals surface area contributed by atoms with Crippen LogP contribution in [-0.2, 0) is 19.6 Å². The van der Waals surface area contributed by atoms with Crippen LogP contribution in [0.5, 0.6) is 0 Å². The van der Waals surface area contributed by atoms with Gasteiger partial charge in [0.1, 0.15) is 6.10 Å². The van der Waals surface area contributed by atoms with Crippen LogP contribution in [0.3, 0.4) is 0 Å². The molecule has 0 saturated carbocycles. The molecule has 1 atom stereocenters. The number of piperazine rings is 1. The van der Waals surface area contributed by atoms with Crippen molar-refractivity contribution in [2.24, 2.45) is 0 Å². The van der Waals surface area contributed by atoms with Gasteiger partial charge in [0.25, 0.3) is 11.8 Å². The standard InChI is InChI=1S/C18H25N3O5S/c1-2-19-27(24,25)15-7-5-14(6-8-15)17(22)20-9-11-21(12-10-20)18(23)16-4-3-13-26-16/h5-8,16,19H,2-4,9-13H2,1H3. The fourth-order valence-corrected chi connectivity index (χ4v) is 4.38. The van der Waals surface area contributed by atoms with Gasteiger partial charge in [-0.05, 0) is 37.1 Å². The zero-order chi connectivity index (χ0) is 19.4. The first-order valence-electron chi connectivity index (χ1n) is 9.22. The average molecular weight is 395 g/mol. The summed E-state index contributed by atoms with van der Waals surface area (Å²) in [7, 11) is -3.53. The second kappa shape index (κ2) is 8.37. The summed E-state index contributed by atoms with van der Waals surface area (Å²) < 4.78 is 31.8. The number of hydrogen-bond acceptors (Lipinski definition) is 5. The molecule has 0 aromatic heterocycles. The van der Waals surface area contributed by atoms with Gasteiger partial charge < -0.3 is 14.5 Å². The minimum absolute atomic E-state index is 0.0117. The normalized spacial score (nSPS) is 20.7. The van der Waals surface area contributed by atoms with E-state index in [4.69, 9.17) is 4.74 Å². The molecule has 148 valence electrons. The van der Waals surface area contributed by atoms with Gasteiger partial charge in [-0.1, -0.05) is 6.92 Å². The number of carbonyl (C=O) groups is 2. The van der Waals surface area contributed by atoms with Gasteiger partial charge in [0.15, 0.2) is 0 Å². The van der Waals surface area contributed by atoms with E-state index >= 15 is 0 Å². The molecule has 3 rings (SSSR count). The summed E-state index contributed by atoms with van der Waals surface area (Å²) in [5.74, 6) is -0.149. The van der Waals surface area contributed by atoms with Crippen LogP contribution < -0.4 is 4.72 Å². The van der Waals surface area contributed by atoms with Crippen molar-refractivity contribution in [3.63, 3.8) is 0 Å². The number of nitrogens with one attached hydrogen (secondary N) is 1. The first-order valence-corrected chi connectivity index (χ1v) is 10.7. The minimum atomic E-state index is -3.53. The fraction of sp³-hybridized carbons (Fsp3) is 0.556. The Kier molecular flexibility index (Phi) is 6.13. The van der Waals surface area contributed by atoms with E-state index in [0.29, 0.717) is 44.9 Å². The molecule has 2 aliphatic rings. The molecule has 1 aromatic carbocycles. The molecule has 1 N–H and O–H groups in total. The third-order valence-corrected chi connectivity index (χ3v) is 6.39. The third kappa shape index (κ3) is 4.48. The monoisotopic (exact) mass is 395 g/mol. The smallest absolute Gasteiger partial charge is 0.253 e. The van der Waals surface area contributed by atoms with E-state index < -0.39 is 10.0 Å². The third-order valence-electron chi connectivity index (χ3n) is 4.83. The molecule has 9 heteroatoms. The SMILES string of the molecule is CCNS(=O)(=O)c1ccc(C(=O)N2CCN(C(=O)C3CCCO3)CC2)cc1. The lowest BCUT2D eigenvalue weighted by molar-refractivity contribution is -0.142. The molecule has 0 spiro atoms. The summed E-state index contributed by atoms with van der Waals surface area (Å²) >= 11 is 0. The predicted octanol–water partition coefficient (Wildman–Crippen LogP) is 0.448. The maximum absolute atomic E-state index is 12.7. The van der Waals surface area contributed by atoms with Crippen molar-refractivity contribution in [1.29, 1.82) is 0 Å². The second-order valence-corrected chi connectivity index (χ2v) is 8.41. The largest absolute Gasteiger partial charge is 0.368 e. The molecule has 0 radical (unpaired) electrons. The molecular formula is C18H25N3O5S. The number of carbonyl (C=O) groups excluding carboxylic acids is 2. The molecule has 2 amide bonds. The first-order chi connectivity index (χ1) is 12.9. The van der Waals surface area contributed by atoms with Crippen molar-refractivity contribution in [3.05, 3.63) is 29.8 Å². The van der Waals surface area contributed by atoms with Crippen LogP contribution in [0.2, 0.25) is 0 Å². The van der Waals surface area contributed by atoms with Gasteiger partial charge in [-0.3, -0.25) is 9.59 Å². The van der Waals surface area contributed by atoms with Crippen LogP contribution in [0.15, 0.2) is 29.2 Å². The molecule has 2 saturated heterocycles. The number of ether oxygens (including phenoxy) is 1. The summed E-state index contributed by atoms with van der Waals surface area (Å²) in [4.78, 5) is 28.6. The molecule has 27 heavy (non-hydrogen) atoms. The lowest BCUT2D eigenvalue weighted by atomic mass is 10.1. The number of sulfonamides is 1. The minimum Gasteiger partial charge on any atom is -0.368 e. The lowest BCUT2D eigenvalue weighted by Gasteiger charge is -2.35. The topological polar surface area (TPSA) is 96.0 Å². The highest BCUT2D eigenvalue weighted by Gasteiger charge is 2.31. The Hall–Kier alpha value is -1.97. The molecule has 0 aliphatic carbocycles. The van der Waals surface area contributed by atoms with Crippen molar-refractivity contribution in [3.8, 4) is 0 Å². The van der Waals surface area contributed by atoms with Crippen molar-refractivity contribution in [2.75, 3.05) is 39.3 Å². The Bertz CT molecular complexity index is 780. The molecular weight excluding hydrogens is 370 g/mol. The number of hydrogen-bond donors (Lipinski definition) is 1. The lowest BCUT2D eigenvalue weighted by Crippen LogP contribution is -2.52. The first kappa shape index (κ1) is 19.8. The van der Waals surface area contributed by atoms with E-state index in [1.807, 2.05) is 0 Å². The zero-order valence-corrected chi connectivity index (χ0v) is 16.2. The van der Waals surface area contributed by atoms with Crippen LogP contribution in [0.25, 0.3) is 0 Å². The van der Waals surface area contributed by atoms with Crippen LogP contribution >= 0.6 is 0 Å². The van der Waals surface area contributed by atoms with E-state index in [1.165, 1.54) is 24.3 Å². The fourth-order valence-electron chi connectivity index (χ4n) is 3.34. The number of nitrogens with zero attached hydrogens (tertiary/aromatic N) is 2. The van der Waals surface area contributed by atoms with E-state index in [-0.39, 0.29) is 22.8 Å². The molecule has 0 bridgehead atoms. The van der Waals surface area contributed by atoms with Gasteiger partial charge in [0.05, 0.1) is 4.90 Å². The second-order valence-electron chi connectivity index (χ2n) is 6.64. The van der Waals surface area contributed by atoms with E-state index in [9.17, 15) is 18.0 Å². The molecule has 1 aromatic rings. The van der Waals surface area contributed by atoms with E-state index in [1.54, 1.807) is 16.7 Å². The Balaban J connectivity index is 1.58. The number of benzene rings is 1. The molecule has 1 unspecified atom stereocenters. The van der Waals surface area contributed by atoms with Crippen LogP contribution in [-0.4, -0.2) is 75.5 Å². The van der Waals surface area contributed by atoms with E-state index in [2.05, 4.69) is 4.72 Å². The van der Waals surface area contributed by atoms with Gasteiger partial charge in [0.2, 0.25) is 10.0 Å². The molecule has 8 nitrogen and oxygen atoms in total. The average Bonchev–Trinajstić information content (AvgIpc) is 3.22. The summed E-state index contributed by atoms with van der Waals surface area (Å²) in [6, 6.07) is 5.91. The Morgan fingerprint density at radius 2 is 1.74 bits per heavy atom. The van der Waals surface area contributed by atoms with Crippen molar-refractivity contribution < 1.29 is 22.7 Å². The summed E-state index contributed by atoms with van der Waals surface area (Å²) in [6.45, 7) is 4.52. The van der Waals surface area contributed by atoms with Gasteiger partial charge >= 0.3 is 0 Å². The number of amides is 2. The zero-order valence-electron chi connectivity index (χ0n) is 15.4. The Morgan fingerprint density at radius 1 is 1.11 bits per heavy atom. The molecule has 2 aliphatic heterocycles. The quantitative estimate of drug-likeness (QED) is 0.781. The molecule has 2 fully saturated rings. The predicted molar refractivity (Wildman–Crippen MR) is 98.8 cm³/mol. The Morgan fingerprint density at radius 3 is 2.30 bits per heavy atom. The highest BCUT2D eigenvalue weighted by atomic mass is 32.2. The van der Waals surface area contributed by atoms with Gasteiger partial charge in [-0.25, -0.2) is 13.1 Å². The highest BCUT2D eigenvalue weighted by Crippen LogP contribution is 2.17. The maximum Gasteiger partial charge on any atom is 0.253 e. The Labute approximate surface area is 159 Å². The maximum atomic E-state index is 12.7. The number of rotatable bonds is 5. The van der Waals surface area contributed by atoms with Crippen molar-refractivity contribution in [1.82, 2.24) is 14.5 Å². The van der Waals surface area contributed by atoms with Crippen LogP contribution in [0.4, 0.5) is 0 Å². The van der Waals surface area contributed by atoms with Crippen molar-refractivity contribution in [2.45, 2.75) is 30.8 Å². The van der Waals surface area contributed by atoms with Crippen LogP contribution in [0.1, 0.15) is 30.1 Å². The summed E-state index contributed by atoms with van der Waals surface area (Å²) in [6.07, 6.45) is 1.34. The summed E-state index contributed by atoms with van der Waals surface area (Å²) in [5.41, 5.74) is 0.435. The van der Waals surface area contributed by atoms with Crippen molar-refractivity contribution >= 4 is 21.8 Å². The van der Waals surface area contributed by atoms with Gasteiger partial charge in [0, 0.05) is 44.9 Å². The van der Waals surface area contributed by atoms with Gasteiger partial charge in [-0.15, -0.1) is 0 Å². The van der Waals surface area contributed by atoms with Crippen LogP contribution in [0, 0.1) is 0 Å². The summed E-state index contributed by atoms with van der Waals surface area (Å²) in [5, 5.41) is 0. The highest BCUT2D eigenvalue weighted by molar-refractivity contribution is 7.89.